The molecule has 1 aliphatic rings. The summed E-state index contributed by atoms with van der Waals surface area (Å²) in [6, 6.07) is 0. The summed E-state index contributed by atoms with van der Waals surface area (Å²) >= 11 is 0. The van der Waals surface area contributed by atoms with Crippen LogP contribution in [0.2, 0.25) is 0 Å². The van der Waals surface area contributed by atoms with Gasteiger partial charge < -0.3 is 10.2 Å². The van der Waals surface area contributed by atoms with Crippen molar-refractivity contribution in [3.05, 3.63) is 0 Å². The van der Waals surface area contributed by atoms with E-state index >= 15 is 0 Å². The summed E-state index contributed by atoms with van der Waals surface area (Å²) in [5.41, 5.74) is 0. The van der Waals surface area contributed by atoms with Crippen LogP contribution < -0.4 is 10.0 Å². The third-order valence-electron chi connectivity index (χ3n) is 3.51. The minimum absolute atomic E-state index is 0.175. The van der Waals surface area contributed by atoms with E-state index in [0.29, 0.717) is 19.0 Å². The molecule has 0 amide bonds. The van der Waals surface area contributed by atoms with Crippen LogP contribution in [0.5, 0.6) is 0 Å². The summed E-state index contributed by atoms with van der Waals surface area (Å²) in [4.78, 5) is 2.33. The summed E-state index contributed by atoms with van der Waals surface area (Å²) in [6.45, 7) is 6.17. The molecule has 0 aromatic carbocycles. The van der Waals surface area contributed by atoms with Crippen LogP contribution in [0.1, 0.15) is 26.2 Å². The molecule has 1 saturated heterocycles. The van der Waals surface area contributed by atoms with Gasteiger partial charge in [0, 0.05) is 13.1 Å². The number of piperidine rings is 1. The quantitative estimate of drug-likeness (QED) is 0.624. The fraction of sp³-hybridized carbons (Fsp3) is 1.00. The minimum atomic E-state index is -3.09. The van der Waals surface area contributed by atoms with Crippen LogP contribution in [0.15, 0.2) is 0 Å². The van der Waals surface area contributed by atoms with Gasteiger partial charge in [-0.2, -0.15) is 0 Å². The molecule has 1 rings (SSSR count). The first-order valence-corrected chi connectivity index (χ1v) is 8.55. The lowest BCUT2D eigenvalue weighted by Crippen LogP contribution is -2.35. The highest BCUT2D eigenvalue weighted by Crippen LogP contribution is 2.18. The van der Waals surface area contributed by atoms with Crippen molar-refractivity contribution >= 4 is 10.0 Å². The highest BCUT2D eigenvalue weighted by atomic mass is 32.2. The Morgan fingerprint density at radius 1 is 1.22 bits per heavy atom. The number of hydrogen-bond acceptors (Lipinski definition) is 4. The minimum Gasteiger partial charge on any atom is -0.316 e. The van der Waals surface area contributed by atoms with Crippen molar-refractivity contribution in [3.8, 4) is 0 Å². The number of sulfonamides is 1. The van der Waals surface area contributed by atoms with Crippen molar-refractivity contribution in [3.63, 3.8) is 0 Å². The molecule has 0 atom stereocenters. The van der Waals surface area contributed by atoms with Gasteiger partial charge in [-0.05, 0) is 51.9 Å². The van der Waals surface area contributed by atoms with Crippen LogP contribution in [0, 0.1) is 5.92 Å². The molecule has 108 valence electrons. The number of rotatable bonds is 8. The Morgan fingerprint density at radius 3 is 2.50 bits per heavy atom. The maximum Gasteiger partial charge on any atom is 0.212 e. The molecule has 0 aliphatic carbocycles. The molecule has 1 aliphatic heterocycles. The number of likely N-dealkylation sites (tertiary alicyclic amines) is 1. The Balaban J connectivity index is 2.12. The Hall–Kier alpha value is -0.170. The van der Waals surface area contributed by atoms with Gasteiger partial charge in [0.2, 0.25) is 10.0 Å². The smallest absolute Gasteiger partial charge is 0.212 e. The zero-order valence-corrected chi connectivity index (χ0v) is 12.4. The zero-order chi connectivity index (χ0) is 13.4. The molecule has 0 aromatic heterocycles. The van der Waals surface area contributed by atoms with E-state index in [9.17, 15) is 8.42 Å². The molecular formula is C12H27N3O2S. The van der Waals surface area contributed by atoms with Crippen molar-refractivity contribution in [1.29, 1.82) is 0 Å². The first-order valence-electron chi connectivity index (χ1n) is 6.90. The summed E-state index contributed by atoms with van der Waals surface area (Å²) < 4.78 is 26.0. The third-order valence-corrected chi connectivity index (χ3v) is 4.90. The molecule has 6 heteroatoms. The highest BCUT2D eigenvalue weighted by molar-refractivity contribution is 7.89. The summed E-state index contributed by atoms with van der Waals surface area (Å²) in [5.74, 6) is 0.853. The van der Waals surface area contributed by atoms with Crippen LogP contribution >= 0.6 is 0 Å². The largest absolute Gasteiger partial charge is 0.316 e. The van der Waals surface area contributed by atoms with E-state index in [2.05, 4.69) is 22.0 Å². The fourth-order valence-corrected chi connectivity index (χ4v) is 3.21. The van der Waals surface area contributed by atoms with E-state index in [4.69, 9.17) is 0 Å². The average Bonchev–Trinajstić information content (AvgIpc) is 2.32. The second-order valence-electron chi connectivity index (χ2n) is 5.10. The first kappa shape index (κ1) is 15.9. The van der Waals surface area contributed by atoms with Crippen LogP contribution in [-0.2, 0) is 10.0 Å². The lowest BCUT2D eigenvalue weighted by atomic mass is 9.94. The topological polar surface area (TPSA) is 61.4 Å². The van der Waals surface area contributed by atoms with Crippen LogP contribution in [-0.4, -0.2) is 58.8 Å². The highest BCUT2D eigenvalue weighted by Gasteiger charge is 2.17. The van der Waals surface area contributed by atoms with Gasteiger partial charge in [0.25, 0.3) is 0 Å². The van der Waals surface area contributed by atoms with E-state index in [1.54, 1.807) is 0 Å². The summed E-state index contributed by atoms with van der Waals surface area (Å²) in [7, 11) is -0.950. The molecule has 0 bridgehead atoms. The van der Waals surface area contributed by atoms with Gasteiger partial charge in [0.1, 0.15) is 0 Å². The normalized spacial score (nSPS) is 19.2. The number of nitrogens with zero attached hydrogens (tertiary/aromatic N) is 1. The van der Waals surface area contributed by atoms with Crippen LogP contribution in [0.4, 0.5) is 0 Å². The molecular weight excluding hydrogens is 250 g/mol. The van der Waals surface area contributed by atoms with Crippen LogP contribution in [0.25, 0.3) is 0 Å². The second kappa shape index (κ2) is 8.09. The van der Waals surface area contributed by atoms with E-state index < -0.39 is 10.0 Å². The van der Waals surface area contributed by atoms with Gasteiger partial charge in [0.05, 0.1) is 5.75 Å². The summed E-state index contributed by atoms with van der Waals surface area (Å²) in [6.07, 6.45) is 3.35. The predicted octanol–water partition coefficient (Wildman–Crippen LogP) is 0.247. The molecule has 0 radical (unpaired) electrons. The molecule has 0 saturated carbocycles. The first-order chi connectivity index (χ1) is 8.53. The van der Waals surface area contributed by atoms with Crippen molar-refractivity contribution in [2.45, 2.75) is 26.2 Å². The lowest BCUT2D eigenvalue weighted by Gasteiger charge is -2.28. The average molecular weight is 277 g/mol. The van der Waals surface area contributed by atoms with Gasteiger partial charge in [0.15, 0.2) is 0 Å². The molecule has 0 aromatic rings. The van der Waals surface area contributed by atoms with Gasteiger partial charge in [-0.3, -0.25) is 0 Å². The second-order valence-corrected chi connectivity index (χ2v) is 7.03. The standard InChI is InChI=1S/C12H27N3O2S/c1-3-13-8-11-18(16,17)14-7-4-12-5-9-15(2)10-6-12/h12-14H,3-11H2,1-2H3. The van der Waals surface area contributed by atoms with Crippen molar-refractivity contribution < 1.29 is 8.42 Å². The monoisotopic (exact) mass is 277 g/mol. The molecule has 2 N–H and O–H groups in total. The molecule has 18 heavy (non-hydrogen) atoms. The van der Waals surface area contributed by atoms with Gasteiger partial charge in [-0.15, -0.1) is 0 Å². The van der Waals surface area contributed by atoms with Crippen molar-refractivity contribution in [2.24, 2.45) is 5.92 Å². The molecule has 1 fully saturated rings. The fourth-order valence-electron chi connectivity index (χ4n) is 2.22. The van der Waals surface area contributed by atoms with Crippen LogP contribution in [0.3, 0.4) is 0 Å². The molecule has 0 unspecified atom stereocenters. The van der Waals surface area contributed by atoms with E-state index in [0.717, 1.165) is 26.1 Å². The zero-order valence-electron chi connectivity index (χ0n) is 11.6. The lowest BCUT2D eigenvalue weighted by molar-refractivity contribution is 0.213. The maximum absolute atomic E-state index is 11.6. The third kappa shape index (κ3) is 6.68. The van der Waals surface area contributed by atoms with Gasteiger partial charge in [-0.25, -0.2) is 13.1 Å². The van der Waals surface area contributed by atoms with Crippen molar-refractivity contribution in [2.75, 3.05) is 45.5 Å². The Labute approximate surface area is 111 Å². The predicted molar refractivity (Wildman–Crippen MR) is 75.2 cm³/mol. The van der Waals surface area contributed by atoms with Gasteiger partial charge >= 0.3 is 0 Å². The van der Waals surface area contributed by atoms with E-state index in [1.165, 1.54) is 12.8 Å². The maximum atomic E-state index is 11.6. The molecule has 1 heterocycles. The Kier molecular flexibility index (Phi) is 7.14. The molecule has 5 nitrogen and oxygen atoms in total. The number of nitrogens with one attached hydrogen (secondary N) is 2. The SMILES string of the molecule is CCNCCS(=O)(=O)NCCC1CCN(C)CC1. The van der Waals surface area contributed by atoms with E-state index in [-0.39, 0.29) is 5.75 Å². The summed E-state index contributed by atoms with van der Waals surface area (Å²) in [5, 5.41) is 3.02. The van der Waals surface area contributed by atoms with Crippen molar-refractivity contribution in [1.82, 2.24) is 14.9 Å². The Morgan fingerprint density at radius 2 is 1.89 bits per heavy atom. The molecule has 0 spiro atoms. The van der Waals surface area contributed by atoms with E-state index in [1.807, 2.05) is 6.92 Å². The van der Waals surface area contributed by atoms with Gasteiger partial charge in [-0.1, -0.05) is 6.92 Å². The Bertz CT molecular complexity index is 311. The number of hydrogen-bond donors (Lipinski definition) is 2.